The smallest absolute Gasteiger partial charge is 0.356 e. The third-order valence-electron chi connectivity index (χ3n) is 5.30. The molecular formula is C22H24N4O5S. The largest absolute Gasteiger partial charge is 0.497 e. The van der Waals surface area contributed by atoms with E-state index in [-0.39, 0.29) is 12.5 Å². The fraction of sp³-hybridized carbons (Fsp3) is 0.318. The van der Waals surface area contributed by atoms with E-state index in [2.05, 4.69) is 10.3 Å². The lowest BCUT2D eigenvalue weighted by molar-refractivity contribution is 0.0521. The number of nitrogens with zero attached hydrogens (tertiary/aromatic N) is 2. The maximum absolute atomic E-state index is 12.5. The van der Waals surface area contributed by atoms with Crippen molar-refractivity contribution in [3.8, 4) is 5.75 Å². The van der Waals surface area contributed by atoms with Crippen molar-refractivity contribution in [3.05, 3.63) is 48.0 Å². The number of hydrogen-bond donors (Lipinski definition) is 2. The number of aromatic nitrogens is 1. The first-order valence-electron chi connectivity index (χ1n) is 10.3. The summed E-state index contributed by atoms with van der Waals surface area (Å²) in [5.41, 5.74) is 1.59. The van der Waals surface area contributed by atoms with Gasteiger partial charge >= 0.3 is 5.97 Å². The van der Waals surface area contributed by atoms with E-state index >= 15 is 0 Å². The molecule has 0 spiro atoms. The summed E-state index contributed by atoms with van der Waals surface area (Å²) < 4.78 is 15.7. The highest BCUT2D eigenvalue weighted by Gasteiger charge is 2.26. The van der Waals surface area contributed by atoms with Crippen molar-refractivity contribution in [2.24, 2.45) is 0 Å². The number of rotatable bonds is 5. The van der Waals surface area contributed by atoms with Gasteiger partial charge in [0.2, 0.25) is 0 Å². The van der Waals surface area contributed by atoms with Gasteiger partial charge in [-0.15, -0.1) is 0 Å². The van der Waals surface area contributed by atoms with Crippen LogP contribution in [-0.2, 0) is 4.74 Å². The quantitative estimate of drug-likeness (QED) is 0.446. The first-order valence-corrected chi connectivity index (χ1v) is 10.7. The molecule has 10 heteroatoms. The van der Waals surface area contributed by atoms with Gasteiger partial charge in [0.25, 0.3) is 5.91 Å². The average molecular weight is 457 g/mol. The first kappa shape index (κ1) is 21.7. The number of furan rings is 1. The Labute approximate surface area is 190 Å². The van der Waals surface area contributed by atoms with Crippen LogP contribution in [0.15, 0.2) is 41.0 Å². The van der Waals surface area contributed by atoms with Crippen LogP contribution in [0.4, 0.5) is 5.69 Å². The number of amides is 1. The van der Waals surface area contributed by atoms with E-state index in [9.17, 15) is 9.59 Å². The zero-order valence-corrected chi connectivity index (χ0v) is 18.7. The number of ether oxygens (including phenoxy) is 2. The number of anilines is 1. The van der Waals surface area contributed by atoms with Gasteiger partial charge in [0, 0.05) is 37.1 Å². The van der Waals surface area contributed by atoms with Gasteiger partial charge < -0.3 is 34.0 Å². The molecule has 1 amide bonds. The lowest BCUT2D eigenvalue weighted by Gasteiger charge is -2.35. The maximum atomic E-state index is 12.5. The Morgan fingerprint density at radius 1 is 1.19 bits per heavy atom. The monoisotopic (exact) mass is 456 g/mol. The van der Waals surface area contributed by atoms with Crippen LogP contribution in [0.25, 0.3) is 10.9 Å². The summed E-state index contributed by atoms with van der Waals surface area (Å²) in [4.78, 5) is 31.8. The standard InChI is InChI=1S/C22H24N4O5S/c1-3-30-21(28)19-18(15-13-14(29-2)6-7-16(15)23-19)24-22(32)26-10-8-25(9-11-26)20(27)17-5-4-12-31-17/h4-7,12-13,23H,3,8-11H2,1-2H3,(H,24,32). The highest BCUT2D eigenvalue weighted by molar-refractivity contribution is 7.80. The number of carbonyl (C=O) groups excluding carboxylic acids is 2. The summed E-state index contributed by atoms with van der Waals surface area (Å²) >= 11 is 5.64. The Kier molecular flexibility index (Phi) is 6.31. The van der Waals surface area contributed by atoms with Crippen LogP contribution in [-0.4, -0.2) is 71.7 Å². The zero-order chi connectivity index (χ0) is 22.7. The highest BCUT2D eigenvalue weighted by Crippen LogP contribution is 2.32. The zero-order valence-electron chi connectivity index (χ0n) is 17.8. The van der Waals surface area contributed by atoms with Crippen LogP contribution in [0.5, 0.6) is 5.75 Å². The van der Waals surface area contributed by atoms with Crippen molar-refractivity contribution in [3.63, 3.8) is 0 Å². The molecule has 1 aliphatic heterocycles. The molecule has 9 nitrogen and oxygen atoms in total. The molecule has 0 atom stereocenters. The van der Waals surface area contributed by atoms with Gasteiger partial charge in [-0.3, -0.25) is 4.79 Å². The molecule has 32 heavy (non-hydrogen) atoms. The lowest BCUT2D eigenvalue weighted by Crippen LogP contribution is -2.51. The minimum Gasteiger partial charge on any atom is -0.497 e. The van der Waals surface area contributed by atoms with Gasteiger partial charge in [0.15, 0.2) is 10.9 Å². The van der Waals surface area contributed by atoms with Gasteiger partial charge in [0.05, 0.1) is 25.7 Å². The average Bonchev–Trinajstić information content (AvgIpc) is 3.47. The number of esters is 1. The Morgan fingerprint density at radius 3 is 2.59 bits per heavy atom. The topological polar surface area (TPSA) is 100 Å². The van der Waals surface area contributed by atoms with Crippen LogP contribution in [0.1, 0.15) is 28.0 Å². The van der Waals surface area contributed by atoms with Gasteiger partial charge in [-0.1, -0.05) is 0 Å². The number of carbonyl (C=O) groups is 2. The van der Waals surface area contributed by atoms with Crippen molar-refractivity contribution in [1.29, 1.82) is 0 Å². The van der Waals surface area contributed by atoms with E-state index in [1.165, 1.54) is 6.26 Å². The molecule has 0 bridgehead atoms. The Morgan fingerprint density at radius 2 is 1.94 bits per heavy atom. The second-order valence-electron chi connectivity index (χ2n) is 7.19. The van der Waals surface area contributed by atoms with Gasteiger partial charge in [-0.05, 0) is 49.5 Å². The Hall–Kier alpha value is -3.53. The lowest BCUT2D eigenvalue weighted by atomic mass is 10.2. The Balaban J connectivity index is 1.51. The first-order chi connectivity index (χ1) is 15.5. The van der Waals surface area contributed by atoms with E-state index < -0.39 is 5.97 Å². The van der Waals surface area contributed by atoms with Gasteiger partial charge in [-0.2, -0.15) is 0 Å². The molecule has 3 aromatic rings. The molecule has 1 saturated heterocycles. The minimum absolute atomic E-state index is 0.137. The summed E-state index contributed by atoms with van der Waals surface area (Å²) in [6.45, 7) is 4.14. The van der Waals surface area contributed by atoms with Crippen LogP contribution in [0.2, 0.25) is 0 Å². The van der Waals surface area contributed by atoms with E-state index in [1.807, 2.05) is 23.1 Å². The molecule has 1 aromatic carbocycles. The van der Waals surface area contributed by atoms with Crippen molar-refractivity contribution in [2.45, 2.75) is 6.92 Å². The molecule has 2 aromatic heterocycles. The molecule has 0 aliphatic carbocycles. The number of fused-ring (bicyclic) bond motifs is 1. The Bertz CT molecular complexity index is 1130. The molecule has 0 unspecified atom stereocenters. The molecule has 2 N–H and O–H groups in total. The van der Waals surface area contributed by atoms with Gasteiger partial charge in [-0.25, -0.2) is 4.79 Å². The van der Waals surface area contributed by atoms with E-state index in [1.54, 1.807) is 31.1 Å². The second kappa shape index (κ2) is 9.31. The number of H-pyrrole nitrogens is 1. The SMILES string of the molecule is CCOC(=O)c1[nH]c2ccc(OC)cc2c1NC(=S)N1CCN(C(=O)c2ccco2)CC1. The van der Waals surface area contributed by atoms with E-state index in [0.717, 1.165) is 10.9 Å². The minimum atomic E-state index is -0.471. The second-order valence-corrected chi connectivity index (χ2v) is 7.58. The van der Waals surface area contributed by atoms with E-state index in [0.29, 0.717) is 54.2 Å². The van der Waals surface area contributed by atoms with Crippen LogP contribution in [0.3, 0.4) is 0 Å². The van der Waals surface area contributed by atoms with Crippen molar-refractivity contribution >= 4 is 45.8 Å². The molecule has 1 fully saturated rings. The predicted molar refractivity (Wildman–Crippen MR) is 123 cm³/mol. The summed E-state index contributed by atoms with van der Waals surface area (Å²) in [6.07, 6.45) is 1.49. The number of thiocarbonyl (C=S) groups is 1. The normalized spacial score (nSPS) is 13.8. The van der Waals surface area contributed by atoms with Crippen molar-refractivity contribution in [2.75, 3.05) is 45.2 Å². The maximum Gasteiger partial charge on any atom is 0.356 e. The molecular weight excluding hydrogens is 432 g/mol. The number of aromatic amines is 1. The molecule has 1 aliphatic rings. The fourth-order valence-electron chi connectivity index (χ4n) is 3.64. The van der Waals surface area contributed by atoms with Crippen molar-refractivity contribution in [1.82, 2.24) is 14.8 Å². The predicted octanol–water partition coefficient (Wildman–Crippen LogP) is 3.10. The van der Waals surface area contributed by atoms with E-state index in [4.69, 9.17) is 26.1 Å². The number of methoxy groups -OCH3 is 1. The fourth-order valence-corrected chi connectivity index (χ4v) is 3.92. The third kappa shape index (κ3) is 4.26. The molecule has 0 radical (unpaired) electrons. The molecule has 4 rings (SSSR count). The molecule has 0 saturated carbocycles. The molecule has 3 heterocycles. The highest BCUT2D eigenvalue weighted by atomic mass is 32.1. The number of piperazine rings is 1. The van der Waals surface area contributed by atoms with Crippen molar-refractivity contribution < 1.29 is 23.5 Å². The summed E-state index contributed by atoms with van der Waals surface area (Å²) in [5, 5.41) is 4.44. The van der Waals surface area contributed by atoms with Gasteiger partial charge in [0.1, 0.15) is 11.4 Å². The van der Waals surface area contributed by atoms with Crippen LogP contribution in [0, 0.1) is 0 Å². The van der Waals surface area contributed by atoms with Crippen LogP contribution < -0.4 is 10.1 Å². The summed E-state index contributed by atoms with van der Waals surface area (Å²) in [5.74, 6) is 0.376. The summed E-state index contributed by atoms with van der Waals surface area (Å²) in [7, 11) is 1.58. The number of benzene rings is 1. The molecule has 168 valence electrons. The number of hydrogen-bond acceptors (Lipinski definition) is 6. The summed E-state index contributed by atoms with van der Waals surface area (Å²) in [6, 6.07) is 8.83. The number of nitrogens with one attached hydrogen (secondary N) is 2. The van der Waals surface area contributed by atoms with Crippen LogP contribution >= 0.6 is 12.2 Å². The third-order valence-corrected chi connectivity index (χ3v) is 5.66.